The summed E-state index contributed by atoms with van der Waals surface area (Å²) < 4.78 is 6.33. The van der Waals surface area contributed by atoms with Crippen LogP contribution < -0.4 is 4.74 Å². The van der Waals surface area contributed by atoms with E-state index in [-0.39, 0.29) is 5.91 Å². The Labute approximate surface area is 99.1 Å². The van der Waals surface area contributed by atoms with E-state index < -0.39 is 0 Å². The monoisotopic (exact) mass is 228 g/mol. The Morgan fingerprint density at radius 3 is 2.71 bits per heavy atom. The van der Waals surface area contributed by atoms with Crippen LogP contribution in [-0.4, -0.2) is 22.8 Å². The van der Waals surface area contributed by atoms with Crippen molar-refractivity contribution in [1.82, 2.24) is 9.78 Å². The maximum Gasteiger partial charge on any atom is 0.270 e. The van der Waals surface area contributed by atoms with E-state index >= 15 is 0 Å². The largest absolute Gasteiger partial charge is 0.497 e. The second-order valence-corrected chi connectivity index (χ2v) is 3.40. The summed E-state index contributed by atoms with van der Waals surface area (Å²) in [7, 11) is 1.62. The van der Waals surface area contributed by atoms with E-state index in [0.717, 1.165) is 11.3 Å². The summed E-state index contributed by atoms with van der Waals surface area (Å²) in [4.78, 5) is 11.6. The number of rotatable bonds is 3. The predicted octanol–water partition coefficient (Wildman–Crippen LogP) is 2.25. The Bertz CT molecular complexity index is 513. The zero-order valence-corrected chi connectivity index (χ0v) is 9.41. The molecule has 0 saturated heterocycles. The number of aromatic nitrogens is 2. The highest BCUT2D eigenvalue weighted by molar-refractivity contribution is 5.92. The first kappa shape index (κ1) is 11.1. The van der Waals surface area contributed by atoms with Crippen LogP contribution in [0.1, 0.15) is 10.4 Å². The lowest BCUT2D eigenvalue weighted by atomic mass is 10.2. The molecule has 0 atom stereocenters. The Morgan fingerprint density at radius 1 is 1.35 bits per heavy atom. The lowest BCUT2D eigenvalue weighted by molar-refractivity contribution is 0.0955. The number of hydrogen-bond donors (Lipinski definition) is 0. The summed E-state index contributed by atoms with van der Waals surface area (Å²) in [5.41, 5.74) is 0.936. The minimum Gasteiger partial charge on any atom is -0.497 e. The van der Waals surface area contributed by atoms with Crippen molar-refractivity contribution in [2.75, 3.05) is 7.11 Å². The van der Waals surface area contributed by atoms with Crippen molar-refractivity contribution in [2.45, 2.75) is 0 Å². The molecule has 0 amide bonds. The number of nitrogens with zero attached hydrogens (tertiary/aromatic N) is 2. The standard InChI is InChI=1S/C13H12N2O2/c1-17-12-6-3-11(4-7-12)5-8-13(16)15-10-2-9-14-15/h2-10H,1H3. The first-order valence-electron chi connectivity index (χ1n) is 5.16. The topological polar surface area (TPSA) is 44.1 Å². The van der Waals surface area contributed by atoms with Gasteiger partial charge in [-0.3, -0.25) is 4.79 Å². The van der Waals surface area contributed by atoms with Crippen LogP contribution in [0.15, 0.2) is 48.8 Å². The zero-order chi connectivity index (χ0) is 12.1. The molecule has 86 valence electrons. The molecule has 0 N–H and O–H groups in total. The molecule has 0 fully saturated rings. The molecule has 0 saturated carbocycles. The van der Waals surface area contributed by atoms with E-state index in [9.17, 15) is 4.79 Å². The van der Waals surface area contributed by atoms with Gasteiger partial charge in [0.2, 0.25) is 0 Å². The molecule has 0 bridgehead atoms. The highest BCUT2D eigenvalue weighted by Gasteiger charge is 1.98. The quantitative estimate of drug-likeness (QED) is 0.757. The van der Waals surface area contributed by atoms with Gasteiger partial charge in [0.25, 0.3) is 5.91 Å². The molecule has 0 unspecified atom stereocenters. The number of allylic oxidation sites excluding steroid dienone is 1. The van der Waals surface area contributed by atoms with Crippen LogP contribution in [0, 0.1) is 0 Å². The van der Waals surface area contributed by atoms with Crippen LogP contribution in [0.25, 0.3) is 6.08 Å². The van der Waals surface area contributed by atoms with Crippen molar-refractivity contribution in [3.63, 3.8) is 0 Å². The fourth-order valence-corrected chi connectivity index (χ4v) is 1.36. The van der Waals surface area contributed by atoms with Gasteiger partial charge in [0, 0.05) is 18.5 Å². The third-order valence-electron chi connectivity index (χ3n) is 2.26. The van der Waals surface area contributed by atoms with Gasteiger partial charge in [-0.05, 0) is 29.8 Å². The molecule has 0 aliphatic heterocycles. The molecule has 1 heterocycles. The first-order valence-corrected chi connectivity index (χ1v) is 5.16. The minimum atomic E-state index is -0.175. The van der Waals surface area contributed by atoms with Crippen LogP contribution in [0.3, 0.4) is 0 Å². The van der Waals surface area contributed by atoms with Gasteiger partial charge in [-0.15, -0.1) is 0 Å². The molecule has 1 aromatic carbocycles. The third-order valence-corrected chi connectivity index (χ3v) is 2.26. The summed E-state index contributed by atoms with van der Waals surface area (Å²) in [5, 5.41) is 3.85. The average molecular weight is 228 g/mol. The predicted molar refractivity (Wildman–Crippen MR) is 64.9 cm³/mol. The maximum absolute atomic E-state index is 11.6. The molecule has 1 aromatic heterocycles. The van der Waals surface area contributed by atoms with E-state index in [1.54, 1.807) is 31.6 Å². The van der Waals surface area contributed by atoms with Crippen LogP contribution in [0.4, 0.5) is 0 Å². The van der Waals surface area contributed by atoms with Gasteiger partial charge in [-0.25, -0.2) is 4.68 Å². The first-order chi connectivity index (χ1) is 8.29. The zero-order valence-electron chi connectivity index (χ0n) is 9.41. The van der Waals surface area contributed by atoms with Crippen molar-refractivity contribution < 1.29 is 9.53 Å². The van der Waals surface area contributed by atoms with Crippen LogP contribution in [-0.2, 0) is 0 Å². The van der Waals surface area contributed by atoms with Gasteiger partial charge < -0.3 is 4.74 Å². The summed E-state index contributed by atoms with van der Waals surface area (Å²) in [6, 6.07) is 9.16. The number of ether oxygens (including phenoxy) is 1. The van der Waals surface area contributed by atoms with Crippen LogP contribution in [0.2, 0.25) is 0 Å². The van der Waals surface area contributed by atoms with E-state index in [1.165, 1.54) is 10.8 Å². The molecule has 2 rings (SSSR count). The minimum absolute atomic E-state index is 0.175. The van der Waals surface area contributed by atoms with Crippen molar-refractivity contribution in [3.05, 3.63) is 54.4 Å². The third kappa shape index (κ3) is 2.81. The van der Waals surface area contributed by atoms with E-state index in [1.807, 2.05) is 24.3 Å². The van der Waals surface area contributed by atoms with Crippen molar-refractivity contribution in [1.29, 1.82) is 0 Å². The lowest BCUT2D eigenvalue weighted by Gasteiger charge is -1.99. The Kier molecular flexibility index (Phi) is 3.35. The Balaban J connectivity index is 2.07. The van der Waals surface area contributed by atoms with Crippen molar-refractivity contribution >= 4 is 12.0 Å². The SMILES string of the molecule is COc1ccc(C=CC(=O)n2cccn2)cc1. The van der Waals surface area contributed by atoms with Crippen LogP contribution >= 0.6 is 0 Å². The number of carbonyl (C=O) groups excluding carboxylic acids is 1. The van der Waals surface area contributed by atoms with Crippen molar-refractivity contribution in [3.8, 4) is 5.75 Å². The molecule has 0 radical (unpaired) electrons. The Morgan fingerprint density at radius 2 is 2.12 bits per heavy atom. The van der Waals surface area contributed by atoms with E-state index in [0.29, 0.717) is 0 Å². The van der Waals surface area contributed by atoms with E-state index in [2.05, 4.69) is 5.10 Å². The summed E-state index contributed by atoms with van der Waals surface area (Å²) in [6.07, 6.45) is 6.40. The molecule has 0 aliphatic rings. The molecule has 0 spiro atoms. The molecular formula is C13H12N2O2. The van der Waals surface area contributed by atoms with Gasteiger partial charge >= 0.3 is 0 Å². The summed E-state index contributed by atoms with van der Waals surface area (Å²) in [5.74, 6) is 0.617. The van der Waals surface area contributed by atoms with E-state index in [4.69, 9.17) is 4.74 Å². The second-order valence-electron chi connectivity index (χ2n) is 3.40. The average Bonchev–Trinajstić information content (AvgIpc) is 2.90. The maximum atomic E-state index is 11.6. The fraction of sp³-hybridized carbons (Fsp3) is 0.0769. The van der Waals surface area contributed by atoms with Gasteiger partial charge in [-0.2, -0.15) is 5.10 Å². The van der Waals surface area contributed by atoms with Crippen molar-refractivity contribution in [2.24, 2.45) is 0 Å². The number of methoxy groups -OCH3 is 1. The molecule has 4 nitrogen and oxygen atoms in total. The smallest absolute Gasteiger partial charge is 0.270 e. The number of carbonyl (C=O) groups is 1. The van der Waals surface area contributed by atoms with Gasteiger partial charge in [0.15, 0.2) is 0 Å². The molecule has 17 heavy (non-hydrogen) atoms. The van der Waals surface area contributed by atoms with Gasteiger partial charge in [-0.1, -0.05) is 12.1 Å². The fourth-order valence-electron chi connectivity index (χ4n) is 1.36. The molecule has 4 heteroatoms. The normalized spacial score (nSPS) is 10.6. The number of benzene rings is 1. The Hall–Kier alpha value is -2.36. The molecular weight excluding hydrogens is 216 g/mol. The van der Waals surface area contributed by atoms with Gasteiger partial charge in [0.1, 0.15) is 5.75 Å². The van der Waals surface area contributed by atoms with Crippen LogP contribution in [0.5, 0.6) is 5.75 Å². The summed E-state index contributed by atoms with van der Waals surface area (Å²) in [6.45, 7) is 0. The summed E-state index contributed by atoms with van der Waals surface area (Å²) >= 11 is 0. The molecule has 0 aliphatic carbocycles. The number of hydrogen-bond acceptors (Lipinski definition) is 3. The highest BCUT2D eigenvalue weighted by atomic mass is 16.5. The highest BCUT2D eigenvalue weighted by Crippen LogP contribution is 2.12. The second kappa shape index (κ2) is 5.12. The van der Waals surface area contributed by atoms with Gasteiger partial charge in [0.05, 0.1) is 7.11 Å². The molecule has 2 aromatic rings. The lowest BCUT2D eigenvalue weighted by Crippen LogP contribution is -2.06.